The Hall–Kier alpha value is -1.15. The molecule has 0 saturated heterocycles. The van der Waals surface area contributed by atoms with Gasteiger partial charge in [0.15, 0.2) is 6.10 Å². The van der Waals surface area contributed by atoms with Crippen molar-refractivity contribution in [2.24, 2.45) is 0 Å². The summed E-state index contributed by atoms with van der Waals surface area (Å²) in [6.45, 7) is 3.38. The van der Waals surface area contributed by atoms with E-state index in [1.807, 2.05) is 0 Å². The Balaban J connectivity index is 2.31. The van der Waals surface area contributed by atoms with Crippen molar-refractivity contribution in [3.63, 3.8) is 0 Å². The van der Waals surface area contributed by atoms with Crippen LogP contribution in [0.1, 0.15) is 290 Å². The van der Waals surface area contributed by atoms with E-state index in [9.17, 15) is 44.6 Å². The van der Waals surface area contributed by atoms with Crippen LogP contribution in [0.5, 0.6) is 0 Å². The molecule has 0 heterocycles. The molecule has 8 atom stereocenters. The first-order valence-corrected chi connectivity index (χ1v) is 30.8. The lowest BCUT2D eigenvalue weighted by atomic mass is 9.85. The van der Waals surface area contributed by atoms with Gasteiger partial charge in [-0.25, -0.2) is 4.57 Å². The van der Waals surface area contributed by atoms with E-state index in [1.165, 1.54) is 212 Å². The summed E-state index contributed by atoms with van der Waals surface area (Å²) in [7, 11) is -5.12. The minimum atomic E-state index is -5.12. The summed E-state index contributed by atoms with van der Waals surface area (Å²) in [5, 5.41) is 50.4. The van der Waals surface area contributed by atoms with Gasteiger partial charge >= 0.3 is 19.8 Å². The number of phosphoric ester groups is 1. The largest absolute Gasteiger partial charge is 0.472 e. The van der Waals surface area contributed by atoms with E-state index in [2.05, 4.69) is 13.8 Å². The fourth-order valence-corrected chi connectivity index (χ4v) is 10.5. The van der Waals surface area contributed by atoms with Gasteiger partial charge in [0.25, 0.3) is 0 Å². The second-order valence-electron chi connectivity index (χ2n) is 20.9. The molecule has 0 aromatic heterocycles. The molecule has 416 valence electrons. The molecule has 0 radical (unpaired) electrons. The van der Waals surface area contributed by atoms with Gasteiger partial charge < -0.3 is 39.9 Å². The van der Waals surface area contributed by atoms with E-state index >= 15 is 0 Å². The molecule has 1 fully saturated rings. The quantitative estimate of drug-likeness (QED) is 0.0191. The van der Waals surface area contributed by atoms with Crippen LogP contribution < -0.4 is 0 Å². The minimum absolute atomic E-state index is 0.106. The molecule has 13 nitrogen and oxygen atoms in total. The van der Waals surface area contributed by atoms with Crippen molar-refractivity contribution in [3.8, 4) is 0 Å². The van der Waals surface area contributed by atoms with Gasteiger partial charge in [0.1, 0.15) is 43.2 Å². The van der Waals surface area contributed by atoms with Crippen LogP contribution in [-0.4, -0.2) is 98.3 Å². The van der Waals surface area contributed by atoms with E-state index in [4.69, 9.17) is 18.5 Å². The average molecular weight is 1020 g/mol. The second kappa shape index (κ2) is 46.4. The molecule has 6 unspecified atom stereocenters. The number of ether oxygens (including phenoxy) is 2. The molecule has 1 saturated carbocycles. The van der Waals surface area contributed by atoms with Crippen molar-refractivity contribution in [2.45, 2.75) is 333 Å². The number of hydrogen-bond acceptors (Lipinski definition) is 12. The lowest BCUT2D eigenvalue weighted by Crippen LogP contribution is -2.64. The first-order chi connectivity index (χ1) is 33.9. The number of unbranched alkanes of at least 4 members (excludes halogenated alkanes) is 39. The zero-order chi connectivity index (χ0) is 51.3. The van der Waals surface area contributed by atoms with Crippen molar-refractivity contribution >= 4 is 19.8 Å². The molecule has 1 aliphatic carbocycles. The van der Waals surface area contributed by atoms with E-state index in [1.54, 1.807) is 0 Å². The maximum atomic E-state index is 12.9. The molecule has 1 aliphatic rings. The molecule has 14 heteroatoms. The zero-order valence-electron chi connectivity index (χ0n) is 44.8. The Labute approximate surface area is 427 Å². The topological polar surface area (TPSA) is 210 Å². The Morgan fingerprint density at radius 1 is 0.386 bits per heavy atom. The number of rotatable bonds is 51. The predicted octanol–water partition coefficient (Wildman–Crippen LogP) is 13.6. The summed E-state index contributed by atoms with van der Waals surface area (Å²) in [4.78, 5) is 36.0. The van der Waals surface area contributed by atoms with Gasteiger partial charge in [0.05, 0.1) is 6.61 Å². The Kier molecular flexibility index (Phi) is 44.3. The highest BCUT2D eigenvalue weighted by Gasteiger charge is 2.51. The molecule has 0 spiro atoms. The molecular weight excluding hydrogens is 912 g/mol. The van der Waals surface area contributed by atoms with Gasteiger partial charge in [0, 0.05) is 12.8 Å². The fourth-order valence-electron chi connectivity index (χ4n) is 9.53. The third-order valence-corrected chi connectivity index (χ3v) is 15.2. The van der Waals surface area contributed by atoms with E-state index in [0.29, 0.717) is 12.8 Å². The smallest absolute Gasteiger partial charge is 0.462 e. The minimum Gasteiger partial charge on any atom is -0.462 e. The lowest BCUT2D eigenvalue weighted by molar-refractivity contribution is -0.220. The molecule has 0 aromatic rings. The van der Waals surface area contributed by atoms with Gasteiger partial charge in [-0.3, -0.25) is 18.6 Å². The summed E-state index contributed by atoms with van der Waals surface area (Å²) in [6.07, 6.45) is 38.6. The predicted molar refractivity (Wildman–Crippen MR) is 281 cm³/mol. The maximum Gasteiger partial charge on any atom is 0.472 e. The van der Waals surface area contributed by atoms with Crippen molar-refractivity contribution in [1.82, 2.24) is 0 Å². The molecule has 0 aromatic carbocycles. The highest BCUT2D eigenvalue weighted by Crippen LogP contribution is 2.47. The first-order valence-electron chi connectivity index (χ1n) is 29.3. The van der Waals surface area contributed by atoms with Crippen molar-refractivity contribution in [2.75, 3.05) is 13.2 Å². The van der Waals surface area contributed by atoms with Crippen LogP contribution >= 0.6 is 7.82 Å². The first kappa shape index (κ1) is 66.9. The van der Waals surface area contributed by atoms with Gasteiger partial charge in [-0.15, -0.1) is 0 Å². The second-order valence-corrected chi connectivity index (χ2v) is 22.3. The summed E-state index contributed by atoms with van der Waals surface area (Å²) in [5.74, 6) is -1.07. The van der Waals surface area contributed by atoms with Crippen molar-refractivity contribution in [1.29, 1.82) is 0 Å². The highest BCUT2D eigenvalue weighted by atomic mass is 31.2. The molecule has 70 heavy (non-hydrogen) atoms. The summed E-state index contributed by atoms with van der Waals surface area (Å²) < 4.78 is 33.8. The van der Waals surface area contributed by atoms with Crippen LogP contribution in [0.4, 0.5) is 0 Å². The molecule has 6 N–H and O–H groups in total. The number of phosphoric acid groups is 1. The Morgan fingerprint density at radius 2 is 0.643 bits per heavy atom. The number of aliphatic hydroxyl groups is 5. The maximum absolute atomic E-state index is 12.9. The molecule has 0 bridgehead atoms. The summed E-state index contributed by atoms with van der Waals surface area (Å²) in [6, 6.07) is 0. The summed E-state index contributed by atoms with van der Waals surface area (Å²) >= 11 is 0. The molecule has 0 amide bonds. The molecular formula is C56H109O13P. The van der Waals surface area contributed by atoms with E-state index in [0.717, 1.165) is 38.5 Å². The standard InChI is InChI=1S/C56H109O13P/c1-3-5-7-9-11-13-15-17-19-21-23-25-27-29-31-33-35-37-39-41-43-45-50(58)68-48(47-67-70(64,65)69-56-54(62)52(60)51(59)53(61)55(56)63)46-66-49(57)44-42-40-38-36-34-32-30-28-26-24-22-20-18-16-14-12-10-8-6-4-2/h48,51-56,59-63H,3-47H2,1-2H3,(H,64,65)/t48-,51?,52-,53?,54?,55?,56?/m1/s1. The van der Waals surface area contributed by atoms with Crippen molar-refractivity contribution in [3.05, 3.63) is 0 Å². The highest BCUT2D eigenvalue weighted by molar-refractivity contribution is 7.47. The number of aliphatic hydroxyl groups excluding tert-OH is 5. The van der Waals surface area contributed by atoms with Crippen LogP contribution in [0.25, 0.3) is 0 Å². The summed E-state index contributed by atoms with van der Waals surface area (Å²) in [5.41, 5.74) is 0. The van der Waals surface area contributed by atoms with Gasteiger partial charge in [-0.2, -0.15) is 0 Å². The monoisotopic (exact) mass is 1020 g/mol. The normalized spacial score (nSPS) is 20.6. The van der Waals surface area contributed by atoms with Crippen LogP contribution in [0, 0.1) is 0 Å². The average Bonchev–Trinajstić information content (AvgIpc) is 3.34. The van der Waals surface area contributed by atoms with Gasteiger partial charge in [0.2, 0.25) is 0 Å². The molecule has 1 rings (SSSR count). The number of carbonyl (C=O) groups excluding carboxylic acids is 2. The lowest BCUT2D eigenvalue weighted by Gasteiger charge is -2.41. The number of hydrogen-bond donors (Lipinski definition) is 6. The third-order valence-electron chi connectivity index (χ3n) is 14.2. The number of carbonyl (C=O) groups is 2. The number of esters is 2. The fraction of sp³-hybridized carbons (Fsp3) is 0.964. The van der Waals surface area contributed by atoms with Crippen LogP contribution in [0.15, 0.2) is 0 Å². The van der Waals surface area contributed by atoms with Crippen molar-refractivity contribution < 1.29 is 63.1 Å². The van der Waals surface area contributed by atoms with Gasteiger partial charge in [-0.05, 0) is 12.8 Å². The molecule has 0 aliphatic heterocycles. The Bertz CT molecular complexity index is 1230. The van der Waals surface area contributed by atoms with Crippen LogP contribution in [0.3, 0.4) is 0 Å². The van der Waals surface area contributed by atoms with Crippen LogP contribution in [0.2, 0.25) is 0 Å². The third kappa shape index (κ3) is 37.6. The van der Waals surface area contributed by atoms with E-state index in [-0.39, 0.29) is 12.8 Å². The van der Waals surface area contributed by atoms with Gasteiger partial charge in [-0.1, -0.05) is 264 Å². The van der Waals surface area contributed by atoms with E-state index < -0.39 is 75.7 Å². The Morgan fingerprint density at radius 3 is 0.943 bits per heavy atom. The zero-order valence-corrected chi connectivity index (χ0v) is 45.7. The SMILES string of the molecule is CCCCCCCCCCCCCCCCCCCCCCCC(=O)O[C@H](COC(=O)CCCCCCCCCCCCCCCCCCCCCC)COP(=O)(O)OC1C(O)C(O)C(O)[C@@H](O)C1O. The van der Waals surface area contributed by atoms with Crippen LogP contribution in [-0.2, 0) is 32.7 Å².